The zero-order valence-electron chi connectivity index (χ0n) is 17.3. The maximum atomic E-state index is 12.5. The van der Waals surface area contributed by atoms with E-state index in [9.17, 15) is 9.59 Å². The molecule has 1 fully saturated rings. The number of rotatable bonds is 5. The number of hydrogen-bond acceptors (Lipinski definition) is 4. The largest absolute Gasteiger partial charge is 0.422 e. The molecule has 2 aliphatic rings. The van der Waals surface area contributed by atoms with Crippen molar-refractivity contribution >= 4 is 22.7 Å². The van der Waals surface area contributed by atoms with E-state index in [1.807, 2.05) is 18.2 Å². The fourth-order valence-corrected chi connectivity index (χ4v) is 5.10. The predicted octanol–water partition coefficient (Wildman–Crippen LogP) is 5.51. The minimum atomic E-state index is -0.475. The van der Waals surface area contributed by atoms with Gasteiger partial charge in [0.1, 0.15) is 11.5 Å². The smallest absolute Gasteiger partial charge is 0.338 e. The zero-order chi connectivity index (χ0) is 20.9. The molecule has 0 spiro atoms. The first-order valence-electron chi connectivity index (χ1n) is 10.1. The van der Waals surface area contributed by atoms with Crippen molar-refractivity contribution in [3.63, 3.8) is 0 Å². The fraction of sp³-hybridized carbons (Fsp3) is 0.360. The number of aryl methyl sites for hydroxylation is 1. The zero-order valence-corrected chi connectivity index (χ0v) is 17.3. The Morgan fingerprint density at radius 2 is 2.03 bits per heavy atom. The van der Waals surface area contributed by atoms with E-state index < -0.39 is 11.9 Å². The van der Waals surface area contributed by atoms with Gasteiger partial charge < -0.3 is 9.47 Å². The molecule has 2 unspecified atom stereocenters. The van der Waals surface area contributed by atoms with Crippen molar-refractivity contribution in [2.45, 2.75) is 57.8 Å². The molecule has 0 heterocycles. The highest BCUT2D eigenvalue weighted by atomic mass is 16.5. The minimum Gasteiger partial charge on any atom is -0.422 e. The lowest BCUT2D eigenvalue weighted by Gasteiger charge is -2.29. The highest BCUT2D eigenvalue weighted by Crippen LogP contribution is 2.64. The summed E-state index contributed by atoms with van der Waals surface area (Å²) in [5.74, 6) is 0.595. The van der Waals surface area contributed by atoms with E-state index in [2.05, 4.69) is 27.0 Å². The molecular weight excluding hydrogens is 364 g/mol. The van der Waals surface area contributed by atoms with Crippen LogP contribution in [-0.4, -0.2) is 11.9 Å². The molecule has 0 amide bonds. The van der Waals surface area contributed by atoms with E-state index in [-0.39, 0.29) is 5.41 Å². The first-order valence-corrected chi connectivity index (χ1v) is 10.1. The van der Waals surface area contributed by atoms with Crippen LogP contribution < -0.4 is 9.47 Å². The molecule has 4 nitrogen and oxygen atoms in total. The number of hydrogen-bond donors (Lipinski definition) is 0. The first-order chi connectivity index (χ1) is 13.8. The molecule has 29 heavy (non-hydrogen) atoms. The van der Waals surface area contributed by atoms with Crippen LogP contribution in [0.2, 0.25) is 0 Å². The van der Waals surface area contributed by atoms with Crippen molar-refractivity contribution < 1.29 is 19.1 Å². The molecule has 0 radical (unpaired) electrons. The van der Waals surface area contributed by atoms with Crippen LogP contribution in [0.15, 0.2) is 43.0 Å². The SMILES string of the molecule is C=CC(=O)Oc1c2c(c(OC(=O)C(=C)C)c3cccc(CC)c13)C1CCC2(C)C1. The summed E-state index contributed by atoms with van der Waals surface area (Å²) in [7, 11) is 0. The molecule has 2 aromatic rings. The average molecular weight is 390 g/mol. The Balaban J connectivity index is 2.12. The van der Waals surface area contributed by atoms with Crippen molar-refractivity contribution in [3.05, 3.63) is 59.7 Å². The molecule has 4 heteroatoms. The van der Waals surface area contributed by atoms with Gasteiger partial charge >= 0.3 is 11.9 Å². The van der Waals surface area contributed by atoms with Gasteiger partial charge in [0.05, 0.1) is 0 Å². The fourth-order valence-electron chi connectivity index (χ4n) is 5.10. The van der Waals surface area contributed by atoms with Gasteiger partial charge in [-0.2, -0.15) is 0 Å². The highest BCUT2D eigenvalue weighted by Gasteiger charge is 2.51. The number of carbonyl (C=O) groups excluding carboxylic acids is 2. The van der Waals surface area contributed by atoms with Crippen LogP contribution in [0.1, 0.15) is 62.6 Å². The summed E-state index contributed by atoms with van der Waals surface area (Å²) in [5.41, 5.74) is 3.34. The predicted molar refractivity (Wildman–Crippen MR) is 114 cm³/mol. The molecule has 2 bridgehead atoms. The third-order valence-electron chi connectivity index (χ3n) is 6.41. The number of carbonyl (C=O) groups is 2. The number of esters is 2. The molecule has 1 saturated carbocycles. The summed E-state index contributed by atoms with van der Waals surface area (Å²) in [6, 6.07) is 5.93. The second-order valence-corrected chi connectivity index (χ2v) is 8.44. The lowest BCUT2D eigenvalue weighted by atomic mass is 9.78. The molecular formula is C25H26O4. The lowest BCUT2D eigenvalue weighted by molar-refractivity contribution is -0.130. The number of benzene rings is 2. The van der Waals surface area contributed by atoms with Crippen molar-refractivity contribution in [1.82, 2.24) is 0 Å². The molecule has 2 atom stereocenters. The summed E-state index contributed by atoms with van der Waals surface area (Å²) in [5, 5.41) is 1.66. The van der Waals surface area contributed by atoms with Gasteiger partial charge in [-0.15, -0.1) is 0 Å². The van der Waals surface area contributed by atoms with E-state index in [1.54, 1.807) is 6.92 Å². The Morgan fingerprint density at radius 1 is 1.28 bits per heavy atom. The van der Waals surface area contributed by atoms with E-state index >= 15 is 0 Å². The van der Waals surface area contributed by atoms with E-state index in [1.165, 1.54) is 6.08 Å². The van der Waals surface area contributed by atoms with Crippen molar-refractivity contribution in [2.24, 2.45) is 0 Å². The van der Waals surface area contributed by atoms with Crippen LogP contribution in [0.3, 0.4) is 0 Å². The number of ether oxygens (including phenoxy) is 2. The number of fused-ring (bicyclic) bond motifs is 6. The van der Waals surface area contributed by atoms with Crippen LogP contribution in [0.5, 0.6) is 11.5 Å². The van der Waals surface area contributed by atoms with Gasteiger partial charge in [0, 0.05) is 33.5 Å². The standard InChI is InChI=1S/C25H26O4/c1-6-15-9-8-10-17-19(15)23(28-18(26)7-2)21-20(16-11-12-25(21,5)13-16)22(17)29-24(27)14(3)4/h7-10,16H,2-3,6,11-13H2,1,4-5H3. The molecule has 2 aliphatic carbocycles. The molecule has 4 rings (SSSR count). The van der Waals surface area contributed by atoms with Gasteiger partial charge in [0.2, 0.25) is 0 Å². The van der Waals surface area contributed by atoms with Gasteiger partial charge in [-0.25, -0.2) is 9.59 Å². The Hall–Kier alpha value is -2.88. The maximum Gasteiger partial charge on any atom is 0.338 e. The highest BCUT2D eigenvalue weighted by molar-refractivity contribution is 6.03. The molecule has 0 aromatic heterocycles. The van der Waals surface area contributed by atoms with E-state index in [4.69, 9.17) is 9.47 Å². The van der Waals surface area contributed by atoms with Crippen molar-refractivity contribution in [3.8, 4) is 11.5 Å². The summed E-state index contributed by atoms with van der Waals surface area (Å²) >= 11 is 0. The Bertz CT molecular complexity index is 1080. The summed E-state index contributed by atoms with van der Waals surface area (Å²) < 4.78 is 11.8. The minimum absolute atomic E-state index is 0.101. The van der Waals surface area contributed by atoms with E-state index in [0.29, 0.717) is 23.0 Å². The van der Waals surface area contributed by atoms with Crippen LogP contribution in [0.4, 0.5) is 0 Å². The first kappa shape index (κ1) is 19.4. The third-order valence-corrected chi connectivity index (χ3v) is 6.41. The molecule has 0 N–H and O–H groups in total. The van der Waals surface area contributed by atoms with Gasteiger partial charge in [-0.05, 0) is 49.5 Å². The summed E-state index contributed by atoms with van der Waals surface area (Å²) in [4.78, 5) is 24.7. The molecule has 150 valence electrons. The van der Waals surface area contributed by atoms with Crippen molar-refractivity contribution in [2.75, 3.05) is 0 Å². The molecule has 0 saturated heterocycles. The third kappa shape index (κ3) is 2.89. The summed E-state index contributed by atoms with van der Waals surface area (Å²) in [6.07, 6.45) is 4.99. The maximum absolute atomic E-state index is 12.5. The normalized spacial score (nSPS) is 21.7. The molecule has 2 aromatic carbocycles. The van der Waals surface area contributed by atoms with Gasteiger partial charge in [0.15, 0.2) is 0 Å². The monoisotopic (exact) mass is 390 g/mol. The lowest BCUT2D eigenvalue weighted by Crippen LogP contribution is -2.21. The van der Waals surface area contributed by atoms with Crippen molar-refractivity contribution in [1.29, 1.82) is 0 Å². The average Bonchev–Trinajstić information content (AvgIpc) is 3.23. The Labute approximate surface area is 171 Å². The van der Waals surface area contributed by atoms with E-state index in [0.717, 1.165) is 53.1 Å². The summed E-state index contributed by atoms with van der Waals surface area (Å²) in [6.45, 7) is 13.2. The molecule has 0 aliphatic heterocycles. The van der Waals surface area contributed by atoms with Gasteiger partial charge in [-0.3, -0.25) is 0 Å². The van der Waals surface area contributed by atoms with Crippen LogP contribution >= 0.6 is 0 Å². The Kier molecular flexibility index (Phi) is 4.60. The second kappa shape index (κ2) is 6.87. The van der Waals surface area contributed by atoms with Crippen LogP contribution in [0.25, 0.3) is 10.8 Å². The quantitative estimate of drug-likeness (QED) is 0.383. The van der Waals surface area contributed by atoms with Gasteiger partial charge in [-0.1, -0.05) is 45.2 Å². The van der Waals surface area contributed by atoms with Crippen LogP contribution in [0, 0.1) is 0 Å². The topological polar surface area (TPSA) is 52.6 Å². The van der Waals surface area contributed by atoms with Crippen LogP contribution in [-0.2, 0) is 21.4 Å². The second-order valence-electron chi connectivity index (χ2n) is 8.44. The Morgan fingerprint density at radius 3 is 2.69 bits per heavy atom. The van der Waals surface area contributed by atoms with Gasteiger partial charge in [0.25, 0.3) is 0 Å².